The van der Waals surface area contributed by atoms with E-state index in [2.05, 4.69) is 5.32 Å². The summed E-state index contributed by atoms with van der Waals surface area (Å²) in [4.78, 5) is 38.1. The van der Waals surface area contributed by atoms with Gasteiger partial charge < -0.3 is 14.8 Å². The van der Waals surface area contributed by atoms with Crippen molar-refractivity contribution in [1.29, 1.82) is 0 Å². The number of halogens is 1. The minimum Gasteiger partial charge on any atom is -0.494 e. The van der Waals surface area contributed by atoms with Crippen molar-refractivity contribution in [1.82, 2.24) is 10.2 Å². The molecule has 1 saturated heterocycles. The molecule has 1 heterocycles. The molecular formula is C19H23FN2O5. The van der Waals surface area contributed by atoms with Crippen molar-refractivity contribution >= 4 is 17.9 Å². The van der Waals surface area contributed by atoms with Gasteiger partial charge in [0.15, 0.2) is 11.6 Å². The molecule has 0 unspecified atom stereocenters. The fourth-order valence-corrected chi connectivity index (χ4v) is 3.78. The normalized spacial score (nSPS) is 24.9. The molecule has 1 spiro atoms. The Hall–Kier alpha value is -2.64. The van der Waals surface area contributed by atoms with Crippen LogP contribution in [-0.4, -0.2) is 42.0 Å². The van der Waals surface area contributed by atoms with Crippen LogP contribution >= 0.6 is 0 Å². The number of amides is 3. The van der Waals surface area contributed by atoms with Gasteiger partial charge in [-0.25, -0.2) is 9.18 Å². The van der Waals surface area contributed by atoms with Crippen LogP contribution in [0.2, 0.25) is 0 Å². The molecule has 146 valence electrons. The van der Waals surface area contributed by atoms with Crippen LogP contribution in [0, 0.1) is 11.7 Å². The Morgan fingerprint density at radius 3 is 2.81 bits per heavy atom. The molecule has 8 heteroatoms. The molecule has 2 atom stereocenters. The quantitative estimate of drug-likeness (QED) is 0.628. The van der Waals surface area contributed by atoms with Gasteiger partial charge in [-0.3, -0.25) is 14.5 Å². The molecule has 0 aromatic heterocycles. The molecule has 1 aromatic carbocycles. The van der Waals surface area contributed by atoms with E-state index in [4.69, 9.17) is 9.47 Å². The van der Waals surface area contributed by atoms with Gasteiger partial charge >= 0.3 is 12.0 Å². The summed E-state index contributed by atoms with van der Waals surface area (Å²) in [5, 5.41) is 2.78. The monoisotopic (exact) mass is 378 g/mol. The molecule has 1 saturated carbocycles. The summed E-state index contributed by atoms with van der Waals surface area (Å²) in [5.41, 5.74) is -0.467. The van der Waals surface area contributed by atoms with Crippen LogP contribution in [-0.2, 0) is 20.9 Å². The van der Waals surface area contributed by atoms with Crippen LogP contribution in [0.4, 0.5) is 9.18 Å². The smallest absolute Gasteiger partial charge is 0.326 e. The third-order valence-corrected chi connectivity index (χ3v) is 5.40. The third kappa shape index (κ3) is 3.61. The van der Waals surface area contributed by atoms with Gasteiger partial charge in [0.1, 0.15) is 18.7 Å². The molecule has 1 N–H and O–H groups in total. The highest BCUT2D eigenvalue weighted by Crippen LogP contribution is 2.38. The molecule has 27 heavy (non-hydrogen) atoms. The number of methoxy groups -OCH3 is 1. The molecule has 2 fully saturated rings. The van der Waals surface area contributed by atoms with Gasteiger partial charge in [0.05, 0.1) is 7.11 Å². The van der Waals surface area contributed by atoms with Crippen LogP contribution in [0.15, 0.2) is 18.2 Å². The van der Waals surface area contributed by atoms with Gasteiger partial charge in [0.25, 0.3) is 5.91 Å². The number of carbonyl (C=O) groups excluding carboxylic acids is 3. The van der Waals surface area contributed by atoms with E-state index >= 15 is 0 Å². The first-order valence-electron chi connectivity index (χ1n) is 8.99. The summed E-state index contributed by atoms with van der Waals surface area (Å²) < 4.78 is 23.6. The molecule has 1 aromatic rings. The van der Waals surface area contributed by atoms with Gasteiger partial charge in [-0.15, -0.1) is 0 Å². The summed E-state index contributed by atoms with van der Waals surface area (Å²) in [6.07, 6.45) is 3.31. The second-order valence-electron chi connectivity index (χ2n) is 7.07. The van der Waals surface area contributed by atoms with Crippen molar-refractivity contribution in [3.8, 4) is 5.75 Å². The molecule has 0 bridgehead atoms. The Morgan fingerprint density at radius 1 is 1.37 bits per heavy atom. The lowest BCUT2D eigenvalue weighted by Crippen LogP contribution is -2.54. The second-order valence-corrected chi connectivity index (χ2v) is 7.07. The Balaban J connectivity index is 1.60. The summed E-state index contributed by atoms with van der Waals surface area (Å²) in [6, 6.07) is 3.64. The SMILES string of the molecule is COc1ccc(COC(=O)CN2C(=O)N[C@@]3(CCCC[C@@H]3C)C2=O)cc1F. The molecule has 1 aliphatic heterocycles. The fraction of sp³-hybridized carbons (Fsp3) is 0.526. The van der Waals surface area contributed by atoms with E-state index in [9.17, 15) is 18.8 Å². The second kappa shape index (κ2) is 7.54. The van der Waals surface area contributed by atoms with Gasteiger partial charge in [0.2, 0.25) is 0 Å². The highest BCUT2D eigenvalue weighted by molar-refractivity contribution is 6.08. The largest absolute Gasteiger partial charge is 0.494 e. The van der Waals surface area contributed by atoms with Crippen LogP contribution in [0.3, 0.4) is 0 Å². The molecule has 3 rings (SSSR count). The lowest BCUT2D eigenvalue weighted by Gasteiger charge is -2.36. The topological polar surface area (TPSA) is 84.9 Å². The summed E-state index contributed by atoms with van der Waals surface area (Å²) >= 11 is 0. The number of rotatable bonds is 5. The standard InChI is InChI=1S/C19H23FN2O5/c1-12-5-3-4-8-19(12)17(24)22(18(25)21-19)10-16(23)27-11-13-6-7-15(26-2)14(20)9-13/h6-7,9,12H,3-5,8,10-11H2,1-2H3,(H,21,25)/t12-,19+/m0/s1. The van der Waals surface area contributed by atoms with E-state index in [0.717, 1.165) is 24.2 Å². The number of esters is 1. The third-order valence-electron chi connectivity index (χ3n) is 5.40. The predicted octanol–water partition coefficient (Wildman–Crippen LogP) is 2.38. The Morgan fingerprint density at radius 2 is 2.15 bits per heavy atom. The van der Waals surface area contributed by atoms with E-state index in [1.54, 1.807) is 6.07 Å². The number of nitrogens with zero attached hydrogens (tertiary/aromatic N) is 1. The van der Waals surface area contributed by atoms with Crippen molar-refractivity contribution < 1.29 is 28.2 Å². The molecular weight excluding hydrogens is 355 g/mol. The van der Waals surface area contributed by atoms with E-state index in [0.29, 0.717) is 12.0 Å². The summed E-state index contributed by atoms with van der Waals surface area (Å²) in [7, 11) is 1.36. The maximum absolute atomic E-state index is 13.7. The molecule has 7 nitrogen and oxygen atoms in total. The average Bonchev–Trinajstić information content (AvgIpc) is 2.87. The van der Waals surface area contributed by atoms with Crippen molar-refractivity contribution in [2.45, 2.75) is 44.8 Å². The number of ether oxygens (including phenoxy) is 2. The van der Waals surface area contributed by atoms with Crippen molar-refractivity contribution in [3.63, 3.8) is 0 Å². The number of hydrogen-bond donors (Lipinski definition) is 1. The number of urea groups is 1. The molecule has 2 aliphatic rings. The lowest BCUT2D eigenvalue weighted by molar-refractivity contribution is -0.149. The fourth-order valence-electron chi connectivity index (χ4n) is 3.78. The predicted molar refractivity (Wildman–Crippen MR) is 93.4 cm³/mol. The number of benzene rings is 1. The maximum Gasteiger partial charge on any atom is 0.326 e. The summed E-state index contributed by atoms with van der Waals surface area (Å²) in [6.45, 7) is 1.32. The molecule has 1 aliphatic carbocycles. The van der Waals surface area contributed by atoms with E-state index in [1.165, 1.54) is 19.2 Å². The maximum atomic E-state index is 13.7. The summed E-state index contributed by atoms with van der Waals surface area (Å²) in [5.74, 6) is -1.54. The van der Waals surface area contributed by atoms with Crippen molar-refractivity contribution in [3.05, 3.63) is 29.6 Å². The van der Waals surface area contributed by atoms with E-state index in [1.807, 2.05) is 6.92 Å². The van der Waals surface area contributed by atoms with Gasteiger partial charge in [-0.05, 0) is 36.5 Å². The van der Waals surface area contributed by atoms with Crippen molar-refractivity contribution in [2.24, 2.45) is 5.92 Å². The number of hydrogen-bond acceptors (Lipinski definition) is 5. The van der Waals surface area contributed by atoms with Crippen LogP contribution in [0.25, 0.3) is 0 Å². The Labute approximate surface area is 156 Å². The van der Waals surface area contributed by atoms with Gasteiger partial charge in [-0.1, -0.05) is 25.8 Å². The number of nitrogens with one attached hydrogen (secondary N) is 1. The van der Waals surface area contributed by atoms with Gasteiger partial charge in [-0.2, -0.15) is 0 Å². The zero-order valence-corrected chi connectivity index (χ0v) is 15.4. The minimum atomic E-state index is -0.908. The van der Waals surface area contributed by atoms with Crippen molar-refractivity contribution in [2.75, 3.05) is 13.7 Å². The van der Waals surface area contributed by atoms with Crippen LogP contribution in [0.1, 0.15) is 38.2 Å². The minimum absolute atomic E-state index is 0.0194. The van der Waals surface area contributed by atoms with Gasteiger partial charge in [0, 0.05) is 0 Å². The number of imide groups is 1. The van der Waals surface area contributed by atoms with Crippen LogP contribution < -0.4 is 10.1 Å². The zero-order valence-electron chi connectivity index (χ0n) is 15.4. The first-order valence-corrected chi connectivity index (χ1v) is 8.99. The first-order chi connectivity index (χ1) is 12.9. The number of carbonyl (C=O) groups is 3. The van der Waals surface area contributed by atoms with Crippen LogP contribution in [0.5, 0.6) is 5.75 Å². The highest BCUT2D eigenvalue weighted by atomic mass is 19.1. The Kier molecular flexibility index (Phi) is 5.34. The average molecular weight is 378 g/mol. The first kappa shape index (κ1) is 19.1. The molecule has 0 radical (unpaired) electrons. The lowest BCUT2D eigenvalue weighted by atomic mass is 9.73. The Bertz CT molecular complexity index is 768. The highest BCUT2D eigenvalue weighted by Gasteiger charge is 2.55. The van der Waals surface area contributed by atoms with E-state index < -0.39 is 29.9 Å². The zero-order chi connectivity index (χ0) is 19.6. The molecule has 3 amide bonds. The van der Waals surface area contributed by atoms with E-state index in [-0.39, 0.29) is 24.2 Å².